The van der Waals surface area contributed by atoms with E-state index in [1.807, 2.05) is 0 Å². The highest BCUT2D eigenvalue weighted by molar-refractivity contribution is 6.01. The minimum Gasteiger partial charge on any atom is -0.248 e. The number of rotatable bonds is 7. The number of aromatic nitrogens is 3. The van der Waals surface area contributed by atoms with Crippen molar-refractivity contribution in [3.05, 3.63) is 223 Å². The molecule has 0 N–H and O–H groups in total. The van der Waals surface area contributed by atoms with Gasteiger partial charge in [-0.15, -0.1) is 0 Å². The second-order valence-corrected chi connectivity index (χ2v) is 16.4. The Bertz CT molecular complexity index is 3160. The van der Waals surface area contributed by atoms with E-state index in [0.717, 1.165) is 83.6 Å². The largest absolute Gasteiger partial charge is 0.248 e. The molecular formula is C58H41N3. The van der Waals surface area contributed by atoms with Crippen LogP contribution in [-0.4, -0.2) is 15.0 Å². The molecule has 0 aliphatic heterocycles. The first-order chi connectivity index (χ1) is 30.0. The van der Waals surface area contributed by atoms with Crippen molar-refractivity contribution in [1.82, 2.24) is 15.0 Å². The highest BCUT2D eigenvalue weighted by atomic mass is 14.9. The molecule has 10 aromatic rings. The maximum atomic E-state index is 5.44. The lowest BCUT2D eigenvalue weighted by Gasteiger charge is -2.22. The van der Waals surface area contributed by atoms with Crippen LogP contribution in [0, 0.1) is 0 Å². The summed E-state index contributed by atoms with van der Waals surface area (Å²) < 4.78 is 0. The van der Waals surface area contributed by atoms with Gasteiger partial charge in [0.05, 0.1) is 22.6 Å². The van der Waals surface area contributed by atoms with Gasteiger partial charge in [-0.05, 0) is 98.1 Å². The average molecular weight is 780 g/mol. The second-order valence-electron chi connectivity index (χ2n) is 16.4. The number of nitrogens with zero attached hydrogens (tertiary/aromatic N) is 3. The normalized spacial score (nSPS) is 12.6. The molecule has 288 valence electrons. The van der Waals surface area contributed by atoms with Crippen LogP contribution in [0.4, 0.5) is 0 Å². The van der Waals surface area contributed by atoms with E-state index >= 15 is 0 Å². The summed E-state index contributed by atoms with van der Waals surface area (Å²) in [7, 11) is 0. The summed E-state index contributed by atoms with van der Waals surface area (Å²) in [5, 5.41) is 1.15. The molecule has 1 aliphatic carbocycles. The Morgan fingerprint density at radius 2 is 0.754 bits per heavy atom. The van der Waals surface area contributed by atoms with Crippen LogP contribution in [0.15, 0.2) is 212 Å². The molecule has 0 bridgehead atoms. The zero-order chi connectivity index (χ0) is 40.9. The number of hydrogen-bond donors (Lipinski definition) is 0. The van der Waals surface area contributed by atoms with Crippen LogP contribution in [0.25, 0.3) is 101 Å². The van der Waals surface area contributed by atoms with Crippen molar-refractivity contribution < 1.29 is 0 Å². The summed E-state index contributed by atoms with van der Waals surface area (Å²) in [4.78, 5) is 16.1. The Morgan fingerprint density at radius 1 is 0.295 bits per heavy atom. The predicted octanol–water partition coefficient (Wildman–Crippen LogP) is 15.0. The molecule has 2 heterocycles. The van der Waals surface area contributed by atoms with Crippen molar-refractivity contribution in [1.29, 1.82) is 0 Å². The fourth-order valence-corrected chi connectivity index (χ4v) is 9.09. The van der Waals surface area contributed by atoms with Gasteiger partial charge in [0.25, 0.3) is 0 Å². The maximum absolute atomic E-state index is 5.44. The van der Waals surface area contributed by atoms with Gasteiger partial charge in [0.15, 0.2) is 5.82 Å². The molecule has 2 aromatic heterocycles. The molecule has 8 aromatic carbocycles. The van der Waals surface area contributed by atoms with E-state index in [4.69, 9.17) is 15.0 Å². The van der Waals surface area contributed by atoms with E-state index in [1.165, 1.54) is 22.3 Å². The number of benzene rings is 8. The highest BCUT2D eigenvalue weighted by Crippen LogP contribution is 2.50. The van der Waals surface area contributed by atoms with E-state index in [9.17, 15) is 0 Å². The average Bonchev–Trinajstić information content (AvgIpc) is 3.56. The minimum absolute atomic E-state index is 0.133. The number of pyridine rings is 1. The SMILES string of the molecule is CC1(C)c2ccccc2-c2cc3c(-c4ccccc4)cc(-c4cccc(-c5nc(-c6cccc(-c7ccccc7)c6)cc(-c6cccc(-c7ccccc7)c6)n5)c4)nc3cc21. The lowest BCUT2D eigenvalue weighted by molar-refractivity contribution is 0.661. The zero-order valence-corrected chi connectivity index (χ0v) is 34.0. The van der Waals surface area contributed by atoms with E-state index in [0.29, 0.717) is 5.82 Å². The van der Waals surface area contributed by atoms with Crippen LogP contribution in [0.2, 0.25) is 0 Å². The van der Waals surface area contributed by atoms with Gasteiger partial charge in [-0.2, -0.15) is 0 Å². The molecule has 0 atom stereocenters. The van der Waals surface area contributed by atoms with Gasteiger partial charge in [0.2, 0.25) is 0 Å². The van der Waals surface area contributed by atoms with E-state index < -0.39 is 0 Å². The molecule has 0 spiro atoms. The smallest absolute Gasteiger partial charge is 0.160 e. The summed E-state index contributed by atoms with van der Waals surface area (Å²) >= 11 is 0. The van der Waals surface area contributed by atoms with Crippen molar-refractivity contribution in [2.24, 2.45) is 0 Å². The molecule has 0 radical (unpaired) electrons. The van der Waals surface area contributed by atoms with Crippen molar-refractivity contribution in [3.8, 4) is 89.7 Å². The van der Waals surface area contributed by atoms with Gasteiger partial charge in [0.1, 0.15) is 0 Å². The van der Waals surface area contributed by atoms with Crippen molar-refractivity contribution in [3.63, 3.8) is 0 Å². The Labute approximate surface area is 356 Å². The van der Waals surface area contributed by atoms with Crippen LogP contribution in [-0.2, 0) is 5.41 Å². The Kier molecular flexibility index (Phi) is 8.82. The fraction of sp³-hybridized carbons (Fsp3) is 0.0517. The molecule has 0 amide bonds. The molecular weight excluding hydrogens is 739 g/mol. The first-order valence-corrected chi connectivity index (χ1v) is 20.9. The third-order valence-corrected chi connectivity index (χ3v) is 12.3. The zero-order valence-electron chi connectivity index (χ0n) is 34.0. The number of hydrogen-bond acceptors (Lipinski definition) is 3. The van der Waals surface area contributed by atoms with E-state index in [2.05, 4.69) is 226 Å². The predicted molar refractivity (Wildman–Crippen MR) is 253 cm³/mol. The molecule has 0 fully saturated rings. The van der Waals surface area contributed by atoms with Crippen LogP contribution in [0.3, 0.4) is 0 Å². The van der Waals surface area contributed by atoms with Crippen LogP contribution < -0.4 is 0 Å². The quantitative estimate of drug-likeness (QED) is 0.162. The molecule has 1 aliphatic rings. The molecule has 0 unspecified atom stereocenters. The van der Waals surface area contributed by atoms with Gasteiger partial charge >= 0.3 is 0 Å². The first kappa shape index (κ1) is 36.3. The van der Waals surface area contributed by atoms with Gasteiger partial charge in [-0.3, -0.25) is 0 Å². The van der Waals surface area contributed by atoms with Gasteiger partial charge in [-0.1, -0.05) is 184 Å². The van der Waals surface area contributed by atoms with Crippen LogP contribution in [0.5, 0.6) is 0 Å². The van der Waals surface area contributed by atoms with Crippen LogP contribution >= 0.6 is 0 Å². The Morgan fingerprint density at radius 3 is 1.34 bits per heavy atom. The summed E-state index contributed by atoms with van der Waals surface area (Å²) in [5.74, 6) is 0.658. The fourth-order valence-electron chi connectivity index (χ4n) is 9.09. The van der Waals surface area contributed by atoms with E-state index in [1.54, 1.807) is 0 Å². The Hall–Kier alpha value is -7.75. The molecule has 0 saturated carbocycles. The van der Waals surface area contributed by atoms with Gasteiger partial charge in [0, 0.05) is 33.1 Å². The van der Waals surface area contributed by atoms with Gasteiger partial charge in [-0.25, -0.2) is 15.0 Å². The summed E-state index contributed by atoms with van der Waals surface area (Å²) in [5.41, 5.74) is 19.7. The minimum atomic E-state index is -0.133. The van der Waals surface area contributed by atoms with Crippen molar-refractivity contribution >= 4 is 10.9 Å². The maximum Gasteiger partial charge on any atom is 0.160 e. The summed E-state index contributed by atoms with van der Waals surface area (Å²) in [6, 6.07) is 75.4. The summed E-state index contributed by atoms with van der Waals surface area (Å²) in [6.07, 6.45) is 0. The monoisotopic (exact) mass is 779 g/mol. The third-order valence-electron chi connectivity index (χ3n) is 12.3. The lowest BCUT2D eigenvalue weighted by atomic mass is 9.82. The van der Waals surface area contributed by atoms with Crippen LogP contribution in [0.1, 0.15) is 25.0 Å². The Balaban J connectivity index is 1.07. The first-order valence-electron chi connectivity index (χ1n) is 20.9. The lowest BCUT2D eigenvalue weighted by Crippen LogP contribution is -2.14. The molecule has 11 rings (SSSR count). The molecule has 3 nitrogen and oxygen atoms in total. The van der Waals surface area contributed by atoms with E-state index in [-0.39, 0.29) is 5.41 Å². The second kappa shape index (κ2) is 14.8. The summed E-state index contributed by atoms with van der Waals surface area (Å²) in [6.45, 7) is 4.65. The highest BCUT2D eigenvalue weighted by Gasteiger charge is 2.35. The standard InChI is InChI=1S/C58H41N3/c1-58(2)51-30-13-12-29-47(51)49-34-50-48(40-21-10-5-11-22-40)35-53(59-56(50)36-52(49)58)45-27-16-28-46(33-45)57-60-54(43-25-14-23-41(31-43)38-17-6-3-7-18-38)37-55(61-57)44-26-15-24-42(32-44)39-19-8-4-9-20-39/h3-37H,1-2H3. The van der Waals surface area contributed by atoms with Gasteiger partial charge < -0.3 is 0 Å². The van der Waals surface area contributed by atoms with Crippen molar-refractivity contribution in [2.75, 3.05) is 0 Å². The third kappa shape index (κ3) is 6.61. The van der Waals surface area contributed by atoms with Crippen molar-refractivity contribution in [2.45, 2.75) is 19.3 Å². The molecule has 0 saturated heterocycles. The topological polar surface area (TPSA) is 38.7 Å². The molecule has 61 heavy (non-hydrogen) atoms. The molecule has 3 heteroatoms. The number of fused-ring (bicyclic) bond motifs is 4.